The first-order valence-corrected chi connectivity index (χ1v) is 13.9. The van der Waals surface area contributed by atoms with Crippen LogP contribution in [0.25, 0.3) is 10.8 Å². The summed E-state index contributed by atoms with van der Waals surface area (Å²) in [5.41, 5.74) is 0.504. The molecule has 2 fully saturated rings. The Bertz CT molecular complexity index is 1720. The minimum Gasteiger partial charge on any atom is -0.504 e. The van der Waals surface area contributed by atoms with Gasteiger partial charge in [0, 0.05) is 11.6 Å². The summed E-state index contributed by atoms with van der Waals surface area (Å²) < 4.78 is 16.9. The maximum absolute atomic E-state index is 15.3. The molecular weight excluding hydrogens is 518 g/mol. The summed E-state index contributed by atoms with van der Waals surface area (Å²) in [6.45, 7) is 0.689. The van der Waals surface area contributed by atoms with Crippen LogP contribution in [0.15, 0.2) is 72.8 Å². The maximum atomic E-state index is 15.3. The molecule has 7 rings (SSSR count). The Kier molecular flexibility index (Phi) is 5.67. The fourth-order valence-electron chi connectivity index (χ4n) is 7.95. The van der Waals surface area contributed by atoms with Gasteiger partial charge >= 0.3 is 0 Å². The molecule has 7 heteroatoms. The van der Waals surface area contributed by atoms with Gasteiger partial charge in [0.25, 0.3) is 0 Å². The summed E-state index contributed by atoms with van der Waals surface area (Å²) >= 11 is 0. The van der Waals surface area contributed by atoms with Crippen molar-refractivity contribution < 1.29 is 28.9 Å². The molecule has 0 aromatic heterocycles. The molecule has 4 aromatic carbocycles. The number of carbonyl (C=O) groups is 2. The van der Waals surface area contributed by atoms with Gasteiger partial charge in [-0.15, -0.1) is 0 Å². The average Bonchev–Trinajstić information content (AvgIpc) is 3.67. The van der Waals surface area contributed by atoms with Gasteiger partial charge in [-0.25, -0.2) is 0 Å². The molecule has 0 amide bonds. The molecule has 2 aliphatic heterocycles. The Balaban J connectivity index is 1.55. The fraction of sp³-hybridized carbons (Fsp3) is 0.294. The van der Waals surface area contributed by atoms with Crippen LogP contribution in [0.3, 0.4) is 0 Å². The third-order valence-electron chi connectivity index (χ3n) is 9.57. The van der Waals surface area contributed by atoms with Gasteiger partial charge in [-0.1, -0.05) is 48.5 Å². The summed E-state index contributed by atoms with van der Waals surface area (Å²) in [7, 11) is 4.57. The quantitative estimate of drug-likeness (QED) is 0.311. The monoisotopic (exact) mass is 549 g/mol. The number of benzene rings is 4. The molecule has 1 N–H and O–H groups in total. The highest BCUT2D eigenvalue weighted by molar-refractivity contribution is 6.21. The van der Waals surface area contributed by atoms with Gasteiger partial charge < -0.3 is 19.3 Å². The van der Waals surface area contributed by atoms with E-state index in [9.17, 15) is 9.90 Å². The van der Waals surface area contributed by atoms with Crippen LogP contribution in [-0.4, -0.2) is 55.5 Å². The van der Waals surface area contributed by atoms with E-state index in [1.807, 2.05) is 36.4 Å². The topological polar surface area (TPSA) is 85.3 Å². The molecule has 1 spiro atoms. The van der Waals surface area contributed by atoms with Crippen molar-refractivity contribution in [3.05, 3.63) is 95.1 Å². The number of phenolic OH excluding ortho intramolecular Hbond substituents is 1. The summed E-state index contributed by atoms with van der Waals surface area (Å²) in [5, 5.41) is 12.5. The van der Waals surface area contributed by atoms with Crippen LogP contribution in [0.4, 0.5) is 0 Å². The lowest BCUT2D eigenvalue weighted by Gasteiger charge is -2.35. The summed E-state index contributed by atoms with van der Waals surface area (Å²) in [6, 6.07) is 22.1. The molecule has 3 aliphatic rings. The number of nitrogens with zero attached hydrogens (tertiary/aromatic N) is 1. The predicted molar refractivity (Wildman–Crippen MR) is 155 cm³/mol. The number of Topliss-reactive ketones (excluding diaryl/α,β-unsaturated/α-hetero) is 2. The number of methoxy groups -OCH3 is 3. The lowest BCUT2D eigenvalue weighted by atomic mass is 9.65. The second-order valence-electron chi connectivity index (χ2n) is 11.2. The van der Waals surface area contributed by atoms with Crippen molar-refractivity contribution in [2.24, 2.45) is 0 Å². The van der Waals surface area contributed by atoms with Crippen LogP contribution in [0.2, 0.25) is 0 Å². The number of ketones is 2. The largest absolute Gasteiger partial charge is 0.504 e. The van der Waals surface area contributed by atoms with Gasteiger partial charge in [-0.3, -0.25) is 14.5 Å². The number of fused-ring (bicyclic) bond motifs is 3. The van der Waals surface area contributed by atoms with E-state index in [4.69, 9.17) is 14.2 Å². The highest BCUT2D eigenvalue weighted by atomic mass is 16.5. The van der Waals surface area contributed by atoms with Crippen molar-refractivity contribution >= 4 is 22.3 Å². The molecule has 3 unspecified atom stereocenters. The van der Waals surface area contributed by atoms with Gasteiger partial charge in [-0.2, -0.15) is 0 Å². The molecular formula is C34H31NO6. The molecule has 2 heterocycles. The normalized spacial score (nSPS) is 24.7. The van der Waals surface area contributed by atoms with Gasteiger partial charge in [0.1, 0.15) is 22.6 Å². The van der Waals surface area contributed by atoms with Crippen LogP contribution < -0.4 is 14.2 Å². The Labute approximate surface area is 238 Å². The molecule has 208 valence electrons. The van der Waals surface area contributed by atoms with Crippen molar-refractivity contribution in [3.63, 3.8) is 0 Å². The molecule has 2 saturated heterocycles. The van der Waals surface area contributed by atoms with E-state index in [2.05, 4.69) is 4.90 Å². The molecule has 0 saturated carbocycles. The van der Waals surface area contributed by atoms with Gasteiger partial charge in [0.15, 0.2) is 23.1 Å². The number of carbonyl (C=O) groups excluding carboxylic acids is 2. The summed E-state index contributed by atoms with van der Waals surface area (Å²) in [6.07, 6.45) is 1.82. The van der Waals surface area contributed by atoms with Crippen LogP contribution in [-0.2, 0) is 11.0 Å². The zero-order valence-corrected chi connectivity index (χ0v) is 23.3. The summed E-state index contributed by atoms with van der Waals surface area (Å²) in [5.74, 6) is 0.934. The molecule has 4 aromatic rings. The first-order chi connectivity index (χ1) is 19.9. The van der Waals surface area contributed by atoms with Gasteiger partial charge in [0.05, 0.1) is 26.7 Å². The number of hydrogen-bond donors (Lipinski definition) is 1. The highest BCUT2D eigenvalue weighted by Crippen LogP contribution is 2.62. The Hall–Kier alpha value is -4.36. The minimum atomic E-state index is -1.17. The van der Waals surface area contributed by atoms with E-state index >= 15 is 4.79 Å². The molecule has 0 bridgehead atoms. The lowest BCUT2D eigenvalue weighted by molar-refractivity contribution is 0.0667. The highest BCUT2D eigenvalue weighted by Gasteiger charge is 2.69. The van der Waals surface area contributed by atoms with Crippen molar-refractivity contribution in [3.8, 4) is 23.0 Å². The zero-order valence-electron chi connectivity index (χ0n) is 23.3. The predicted octanol–water partition coefficient (Wildman–Crippen LogP) is 5.65. The fourth-order valence-corrected chi connectivity index (χ4v) is 7.95. The van der Waals surface area contributed by atoms with E-state index in [0.29, 0.717) is 34.7 Å². The third kappa shape index (κ3) is 3.18. The van der Waals surface area contributed by atoms with Crippen molar-refractivity contribution in [2.45, 2.75) is 36.3 Å². The van der Waals surface area contributed by atoms with E-state index in [1.54, 1.807) is 36.4 Å². The molecule has 7 nitrogen and oxygen atoms in total. The summed E-state index contributed by atoms with van der Waals surface area (Å²) in [4.78, 5) is 32.3. The Morgan fingerprint density at radius 1 is 0.902 bits per heavy atom. The van der Waals surface area contributed by atoms with Gasteiger partial charge in [0.2, 0.25) is 0 Å². The SMILES string of the molecule is COc1cc(C2(C(=O)c3c(OC)cccc3OC)CC3(C(=O)c4cccc5cccc3c45)N3CCCC32)ccc1O. The zero-order chi connectivity index (χ0) is 28.5. The van der Waals surface area contributed by atoms with Gasteiger partial charge in [-0.05, 0) is 72.0 Å². The number of ether oxygens (including phenoxy) is 3. The Morgan fingerprint density at radius 2 is 1.59 bits per heavy atom. The number of aromatic hydroxyl groups is 1. The Morgan fingerprint density at radius 3 is 2.29 bits per heavy atom. The van der Waals surface area contributed by atoms with Crippen LogP contribution in [0, 0.1) is 0 Å². The maximum Gasteiger partial charge on any atom is 0.188 e. The van der Waals surface area contributed by atoms with Crippen LogP contribution in [0.5, 0.6) is 23.0 Å². The number of phenols is 1. The van der Waals surface area contributed by atoms with Crippen molar-refractivity contribution in [1.82, 2.24) is 4.90 Å². The second-order valence-corrected chi connectivity index (χ2v) is 11.2. The van der Waals surface area contributed by atoms with E-state index in [0.717, 1.165) is 29.2 Å². The average molecular weight is 550 g/mol. The van der Waals surface area contributed by atoms with Crippen LogP contribution in [0.1, 0.15) is 51.1 Å². The number of hydrogen-bond acceptors (Lipinski definition) is 7. The second kappa shape index (κ2) is 9.08. The molecule has 1 aliphatic carbocycles. The van der Waals surface area contributed by atoms with Crippen molar-refractivity contribution in [1.29, 1.82) is 0 Å². The van der Waals surface area contributed by atoms with E-state index in [1.165, 1.54) is 21.3 Å². The minimum absolute atomic E-state index is 0.0150. The molecule has 41 heavy (non-hydrogen) atoms. The third-order valence-corrected chi connectivity index (χ3v) is 9.57. The smallest absolute Gasteiger partial charge is 0.188 e. The molecule has 0 radical (unpaired) electrons. The van der Waals surface area contributed by atoms with E-state index in [-0.39, 0.29) is 35.5 Å². The van der Waals surface area contributed by atoms with Crippen LogP contribution >= 0.6 is 0 Å². The first kappa shape index (κ1) is 25.6. The van der Waals surface area contributed by atoms with E-state index < -0.39 is 11.0 Å². The molecule has 3 atom stereocenters. The van der Waals surface area contributed by atoms with Crippen molar-refractivity contribution in [2.75, 3.05) is 27.9 Å². The first-order valence-electron chi connectivity index (χ1n) is 13.9. The standard InChI is InChI=1S/C34H31NO6/c1-39-25-12-6-13-26(40-2)30(25)32(38)33(21-15-16-24(36)27(18-21)41-3)19-34(35-17-7-14-28(33)35)23-11-5-9-20-8-4-10-22(29(20)23)31(34)37/h4-6,8-13,15-16,18,28,36H,7,14,17,19H2,1-3H3. The number of rotatable bonds is 6. The lowest BCUT2D eigenvalue weighted by Crippen LogP contribution is -2.47.